The molecule has 0 spiro atoms. The van der Waals surface area contributed by atoms with Crippen molar-refractivity contribution in [3.05, 3.63) is 22.7 Å². The number of halogens is 1. The lowest BCUT2D eigenvalue weighted by Gasteiger charge is -2.03. The van der Waals surface area contributed by atoms with Crippen molar-refractivity contribution >= 4 is 33.0 Å². The van der Waals surface area contributed by atoms with Gasteiger partial charge in [0.1, 0.15) is 5.52 Å². The molecule has 0 N–H and O–H groups in total. The van der Waals surface area contributed by atoms with Crippen molar-refractivity contribution in [2.75, 3.05) is 19.0 Å². The second-order valence-electron chi connectivity index (χ2n) is 3.00. The summed E-state index contributed by atoms with van der Waals surface area (Å²) in [5, 5.41) is 0. The van der Waals surface area contributed by atoms with E-state index in [2.05, 4.69) is 20.9 Å². The Morgan fingerprint density at radius 2 is 2.15 bits per heavy atom. The van der Waals surface area contributed by atoms with Gasteiger partial charge in [0.2, 0.25) is 0 Å². The highest BCUT2D eigenvalue weighted by Crippen LogP contribution is 2.23. The topological polar surface area (TPSA) is 29.3 Å². The Hall–Kier alpha value is -1.03. The number of nitrogens with zero attached hydrogens (tertiary/aromatic N) is 2. The number of oxazole rings is 1. The molecule has 0 aliphatic rings. The fraction of sp³-hybridized carbons (Fsp3) is 0.222. The standard InChI is InChI=1S/C9H9BrN2O/c1-12(2)9-11-7-5-6(10)3-4-8(7)13-9/h3-5H,1-2H3. The minimum absolute atomic E-state index is 0.633. The van der Waals surface area contributed by atoms with E-state index in [1.54, 1.807) is 0 Å². The molecule has 68 valence electrons. The van der Waals surface area contributed by atoms with Gasteiger partial charge in [-0.15, -0.1) is 0 Å². The number of benzene rings is 1. The molecule has 0 bridgehead atoms. The van der Waals surface area contributed by atoms with Gasteiger partial charge in [-0.25, -0.2) is 0 Å². The number of rotatable bonds is 1. The molecule has 0 fully saturated rings. The number of hydrogen-bond donors (Lipinski definition) is 0. The van der Waals surface area contributed by atoms with Crippen LogP contribution >= 0.6 is 15.9 Å². The summed E-state index contributed by atoms with van der Waals surface area (Å²) in [5.74, 6) is 0. The maximum absolute atomic E-state index is 5.48. The number of fused-ring (bicyclic) bond motifs is 1. The predicted octanol–water partition coefficient (Wildman–Crippen LogP) is 2.66. The van der Waals surface area contributed by atoms with Gasteiger partial charge >= 0.3 is 0 Å². The molecule has 0 unspecified atom stereocenters. The average Bonchev–Trinajstić information content (AvgIpc) is 2.46. The summed E-state index contributed by atoms with van der Waals surface area (Å²) in [7, 11) is 3.81. The summed E-state index contributed by atoms with van der Waals surface area (Å²) in [6.07, 6.45) is 0. The first-order valence-electron chi connectivity index (χ1n) is 3.90. The van der Waals surface area contributed by atoms with Gasteiger partial charge < -0.3 is 9.32 Å². The molecule has 1 aromatic heterocycles. The minimum Gasteiger partial charge on any atom is -0.423 e. The van der Waals surface area contributed by atoms with Gasteiger partial charge in [-0.3, -0.25) is 0 Å². The van der Waals surface area contributed by atoms with E-state index in [9.17, 15) is 0 Å². The largest absolute Gasteiger partial charge is 0.423 e. The molecule has 1 aromatic carbocycles. The average molecular weight is 241 g/mol. The van der Waals surface area contributed by atoms with E-state index < -0.39 is 0 Å². The Morgan fingerprint density at radius 3 is 2.85 bits per heavy atom. The molecule has 13 heavy (non-hydrogen) atoms. The molecule has 2 rings (SSSR count). The maximum atomic E-state index is 5.48. The summed E-state index contributed by atoms with van der Waals surface area (Å²) < 4.78 is 6.49. The molecular formula is C9H9BrN2O. The normalized spacial score (nSPS) is 10.7. The number of anilines is 1. The van der Waals surface area contributed by atoms with E-state index in [-0.39, 0.29) is 0 Å². The van der Waals surface area contributed by atoms with Gasteiger partial charge in [0.05, 0.1) is 0 Å². The second kappa shape index (κ2) is 3.03. The third-order valence-electron chi connectivity index (χ3n) is 1.72. The van der Waals surface area contributed by atoms with Crippen LogP contribution < -0.4 is 4.90 Å². The van der Waals surface area contributed by atoms with E-state index in [1.165, 1.54) is 0 Å². The Balaban J connectivity index is 2.62. The minimum atomic E-state index is 0.633. The van der Waals surface area contributed by atoms with Crippen LogP contribution in [0.2, 0.25) is 0 Å². The van der Waals surface area contributed by atoms with Crippen LogP contribution in [-0.4, -0.2) is 19.1 Å². The van der Waals surface area contributed by atoms with Crippen molar-refractivity contribution in [1.82, 2.24) is 4.98 Å². The van der Waals surface area contributed by atoms with Crippen molar-refractivity contribution in [3.63, 3.8) is 0 Å². The summed E-state index contributed by atoms with van der Waals surface area (Å²) >= 11 is 3.38. The van der Waals surface area contributed by atoms with Gasteiger partial charge in [-0.2, -0.15) is 4.98 Å². The van der Waals surface area contributed by atoms with Crippen molar-refractivity contribution < 1.29 is 4.42 Å². The van der Waals surface area contributed by atoms with Crippen molar-refractivity contribution in [2.45, 2.75) is 0 Å². The Kier molecular flexibility index (Phi) is 2.00. The molecule has 0 atom stereocenters. The fourth-order valence-corrected chi connectivity index (χ4v) is 1.43. The first-order chi connectivity index (χ1) is 6.16. The van der Waals surface area contributed by atoms with Crippen LogP contribution in [0.4, 0.5) is 6.01 Å². The lowest BCUT2D eigenvalue weighted by Crippen LogP contribution is -2.08. The molecule has 2 aromatic rings. The van der Waals surface area contributed by atoms with E-state index in [1.807, 2.05) is 37.2 Å². The quantitative estimate of drug-likeness (QED) is 0.768. The van der Waals surface area contributed by atoms with Crippen LogP contribution in [0.15, 0.2) is 27.1 Å². The maximum Gasteiger partial charge on any atom is 0.297 e. The third-order valence-corrected chi connectivity index (χ3v) is 2.21. The number of aromatic nitrogens is 1. The molecule has 0 aliphatic carbocycles. The molecule has 0 saturated heterocycles. The molecule has 1 heterocycles. The Morgan fingerprint density at radius 1 is 1.38 bits per heavy atom. The van der Waals surface area contributed by atoms with E-state index >= 15 is 0 Å². The van der Waals surface area contributed by atoms with E-state index in [4.69, 9.17) is 4.42 Å². The van der Waals surface area contributed by atoms with Crippen LogP contribution in [-0.2, 0) is 0 Å². The summed E-state index contributed by atoms with van der Waals surface area (Å²) in [4.78, 5) is 6.14. The van der Waals surface area contributed by atoms with Gasteiger partial charge in [-0.05, 0) is 18.2 Å². The van der Waals surface area contributed by atoms with Crippen LogP contribution in [0.5, 0.6) is 0 Å². The van der Waals surface area contributed by atoms with Gasteiger partial charge in [0.15, 0.2) is 5.58 Å². The zero-order valence-electron chi connectivity index (χ0n) is 7.41. The van der Waals surface area contributed by atoms with Crippen LogP contribution in [0.1, 0.15) is 0 Å². The smallest absolute Gasteiger partial charge is 0.297 e. The van der Waals surface area contributed by atoms with Crippen molar-refractivity contribution in [3.8, 4) is 0 Å². The second-order valence-corrected chi connectivity index (χ2v) is 3.92. The zero-order chi connectivity index (χ0) is 9.42. The third kappa shape index (κ3) is 1.54. The highest BCUT2D eigenvalue weighted by atomic mass is 79.9. The molecule has 0 saturated carbocycles. The lowest BCUT2D eigenvalue weighted by molar-refractivity contribution is 0.597. The SMILES string of the molecule is CN(C)c1nc2cc(Br)ccc2o1. The molecular weight excluding hydrogens is 232 g/mol. The zero-order valence-corrected chi connectivity index (χ0v) is 9.00. The fourth-order valence-electron chi connectivity index (χ4n) is 1.08. The highest BCUT2D eigenvalue weighted by molar-refractivity contribution is 9.10. The molecule has 0 amide bonds. The van der Waals surface area contributed by atoms with E-state index in [0.717, 1.165) is 15.6 Å². The first-order valence-corrected chi connectivity index (χ1v) is 4.69. The predicted molar refractivity (Wildman–Crippen MR) is 56.0 cm³/mol. The number of hydrogen-bond acceptors (Lipinski definition) is 3. The van der Waals surface area contributed by atoms with Gasteiger partial charge in [0.25, 0.3) is 6.01 Å². The van der Waals surface area contributed by atoms with Crippen LogP contribution in [0, 0.1) is 0 Å². The summed E-state index contributed by atoms with van der Waals surface area (Å²) in [6, 6.07) is 6.41. The highest BCUT2D eigenvalue weighted by Gasteiger charge is 2.06. The molecule has 0 radical (unpaired) electrons. The van der Waals surface area contributed by atoms with Crippen molar-refractivity contribution in [1.29, 1.82) is 0 Å². The van der Waals surface area contributed by atoms with Crippen LogP contribution in [0.25, 0.3) is 11.1 Å². The summed E-state index contributed by atoms with van der Waals surface area (Å²) in [5.41, 5.74) is 1.69. The lowest BCUT2D eigenvalue weighted by atomic mass is 10.3. The van der Waals surface area contributed by atoms with E-state index in [0.29, 0.717) is 6.01 Å². The Bertz CT molecular complexity index is 436. The monoisotopic (exact) mass is 240 g/mol. The Labute approximate surface area is 84.5 Å². The van der Waals surface area contributed by atoms with Crippen LogP contribution in [0.3, 0.4) is 0 Å². The summed E-state index contributed by atoms with van der Waals surface area (Å²) in [6.45, 7) is 0. The first kappa shape index (κ1) is 8.56. The molecule has 4 heteroatoms. The van der Waals surface area contributed by atoms with Crippen molar-refractivity contribution in [2.24, 2.45) is 0 Å². The molecule has 0 aliphatic heterocycles. The van der Waals surface area contributed by atoms with Gasteiger partial charge in [0, 0.05) is 18.6 Å². The molecule has 3 nitrogen and oxygen atoms in total. The van der Waals surface area contributed by atoms with Gasteiger partial charge in [-0.1, -0.05) is 15.9 Å².